The van der Waals surface area contributed by atoms with Crippen LogP contribution in [0.25, 0.3) is 0 Å². The van der Waals surface area contributed by atoms with E-state index in [1.807, 2.05) is 23.6 Å². The maximum atomic E-state index is 4.08. The molecule has 0 atom stereocenters. The second-order valence-corrected chi connectivity index (χ2v) is 4.85. The van der Waals surface area contributed by atoms with Gasteiger partial charge in [-0.15, -0.1) is 11.3 Å². The Balaban J connectivity index is 0.00000128. The van der Waals surface area contributed by atoms with E-state index < -0.39 is 0 Å². The summed E-state index contributed by atoms with van der Waals surface area (Å²) in [5.74, 6) is 0. The average Bonchev–Trinajstić information content (AvgIpc) is 2.66. The standard InChI is InChI=1S/C12H14N2S.ClH/c1-10-4-5-12(15-10)9-14-8-11-3-2-6-13-7-11;/h2-7,14H,8-9H2,1H3;1H/p-1. The maximum Gasteiger partial charge on any atom is 0.0312 e. The van der Waals surface area contributed by atoms with Crippen molar-refractivity contribution < 1.29 is 12.4 Å². The van der Waals surface area contributed by atoms with Crippen LogP contribution in [0.3, 0.4) is 0 Å². The molecule has 0 bridgehead atoms. The Morgan fingerprint density at radius 3 is 2.75 bits per heavy atom. The summed E-state index contributed by atoms with van der Waals surface area (Å²) in [5.41, 5.74) is 1.23. The molecular weight excluding hydrogens is 240 g/mol. The van der Waals surface area contributed by atoms with Crippen LogP contribution >= 0.6 is 11.3 Å². The number of hydrogen-bond donors (Lipinski definition) is 1. The third kappa shape index (κ3) is 3.93. The van der Waals surface area contributed by atoms with Gasteiger partial charge in [0.1, 0.15) is 0 Å². The summed E-state index contributed by atoms with van der Waals surface area (Å²) >= 11 is 1.84. The van der Waals surface area contributed by atoms with Crippen LogP contribution in [-0.4, -0.2) is 4.98 Å². The molecule has 16 heavy (non-hydrogen) atoms. The summed E-state index contributed by atoms with van der Waals surface area (Å²) in [5, 5.41) is 3.40. The molecular formula is C12H14ClN2S-. The van der Waals surface area contributed by atoms with Gasteiger partial charge in [0, 0.05) is 35.2 Å². The SMILES string of the molecule is Cc1ccc(CNCc2cccnc2)s1.[Cl-]. The van der Waals surface area contributed by atoms with E-state index in [1.165, 1.54) is 15.3 Å². The minimum Gasteiger partial charge on any atom is -1.00 e. The van der Waals surface area contributed by atoms with Gasteiger partial charge < -0.3 is 17.7 Å². The van der Waals surface area contributed by atoms with E-state index in [9.17, 15) is 0 Å². The Morgan fingerprint density at radius 2 is 2.12 bits per heavy atom. The average molecular weight is 254 g/mol. The molecule has 0 spiro atoms. The summed E-state index contributed by atoms with van der Waals surface area (Å²) in [6, 6.07) is 8.38. The van der Waals surface area contributed by atoms with Crippen molar-refractivity contribution in [3.05, 3.63) is 52.0 Å². The van der Waals surface area contributed by atoms with Gasteiger partial charge in [0.2, 0.25) is 0 Å². The quantitative estimate of drug-likeness (QED) is 0.813. The van der Waals surface area contributed by atoms with Crippen LogP contribution in [0, 0.1) is 6.92 Å². The van der Waals surface area contributed by atoms with E-state index in [0.29, 0.717) is 0 Å². The van der Waals surface area contributed by atoms with Gasteiger partial charge in [0.15, 0.2) is 0 Å². The Labute approximate surface area is 106 Å². The smallest absolute Gasteiger partial charge is 0.0312 e. The lowest BCUT2D eigenvalue weighted by Gasteiger charge is -2.02. The van der Waals surface area contributed by atoms with Crippen molar-refractivity contribution in [1.82, 2.24) is 10.3 Å². The number of hydrogen-bond acceptors (Lipinski definition) is 3. The highest BCUT2D eigenvalue weighted by molar-refractivity contribution is 7.11. The van der Waals surface area contributed by atoms with Crippen LogP contribution in [0.4, 0.5) is 0 Å². The summed E-state index contributed by atoms with van der Waals surface area (Å²) in [6.07, 6.45) is 3.69. The predicted molar refractivity (Wildman–Crippen MR) is 63.8 cm³/mol. The van der Waals surface area contributed by atoms with Gasteiger partial charge in [-0.05, 0) is 30.7 Å². The van der Waals surface area contributed by atoms with Crippen molar-refractivity contribution in [2.24, 2.45) is 0 Å². The van der Waals surface area contributed by atoms with Crippen LogP contribution in [0.15, 0.2) is 36.7 Å². The molecule has 0 fully saturated rings. The second-order valence-electron chi connectivity index (χ2n) is 3.48. The number of nitrogens with zero attached hydrogens (tertiary/aromatic N) is 1. The first-order valence-electron chi connectivity index (χ1n) is 4.99. The lowest BCUT2D eigenvalue weighted by molar-refractivity contribution is -0.00000311. The zero-order valence-electron chi connectivity index (χ0n) is 9.11. The first kappa shape index (κ1) is 13.2. The van der Waals surface area contributed by atoms with Crippen molar-refractivity contribution in [2.45, 2.75) is 20.0 Å². The predicted octanol–water partition coefficient (Wildman–Crippen LogP) is -0.255. The number of aromatic nitrogens is 1. The molecule has 0 aromatic carbocycles. The number of nitrogens with one attached hydrogen (secondary N) is 1. The van der Waals surface area contributed by atoms with Gasteiger partial charge in [0.05, 0.1) is 0 Å². The monoisotopic (exact) mass is 253 g/mol. The van der Waals surface area contributed by atoms with Crippen molar-refractivity contribution in [3.8, 4) is 0 Å². The van der Waals surface area contributed by atoms with E-state index in [4.69, 9.17) is 0 Å². The summed E-state index contributed by atoms with van der Waals surface area (Å²) < 4.78 is 0. The molecule has 4 heteroatoms. The van der Waals surface area contributed by atoms with Gasteiger partial charge in [-0.1, -0.05) is 6.07 Å². The number of thiophene rings is 1. The van der Waals surface area contributed by atoms with Crippen LogP contribution < -0.4 is 17.7 Å². The Morgan fingerprint density at radius 1 is 1.25 bits per heavy atom. The third-order valence-corrected chi connectivity index (χ3v) is 3.15. The van der Waals surface area contributed by atoms with Crippen molar-refractivity contribution in [3.63, 3.8) is 0 Å². The molecule has 2 heterocycles. The van der Waals surface area contributed by atoms with Crippen LogP contribution in [0.5, 0.6) is 0 Å². The van der Waals surface area contributed by atoms with E-state index in [1.54, 1.807) is 6.20 Å². The van der Waals surface area contributed by atoms with E-state index in [0.717, 1.165) is 13.1 Å². The molecule has 0 amide bonds. The van der Waals surface area contributed by atoms with Gasteiger partial charge in [-0.2, -0.15) is 0 Å². The molecule has 0 aliphatic heterocycles. The third-order valence-electron chi connectivity index (χ3n) is 2.15. The number of aryl methyl sites for hydroxylation is 1. The zero-order chi connectivity index (χ0) is 10.5. The number of rotatable bonds is 4. The maximum absolute atomic E-state index is 4.08. The zero-order valence-corrected chi connectivity index (χ0v) is 10.7. The van der Waals surface area contributed by atoms with Gasteiger partial charge in [-0.25, -0.2) is 0 Å². The van der Waals surface area contributed by atoms with E-state index in [2.05, 4.69) is 35.4 Å². The van der Waals surface area contributed by atoms with E-state index >= 15 is 0 Å². The second kappa shape index (κ2) is 6.63. The molecule has 0 saturated carbocycles. The first-order valence-corrected chi connectivity index (χ1v) is 5.81. The first-order chi connectivity index (χ1) is 7.34. The molecule has 2 aromatic heterocycles. The Bertz CT molecular complexity index is 414. The minimum atomic E-state index is 0. The molecule has 0 aliphatic carbocycles. The van der Waals surface area contributed by atoms with Crippen molar-refractivity contribution in [1.29, 1.82) is 0 Å². The fourth-order valence-corrected chi connectivity index (χ4v) is 2.27. The van der Waals surface area contributed by atoms with Crippen LogP contribution in [-0.2, 0) is 13.1 Å². The molecule has 2 rings (SSSR count). The number of pyridine rings is 1. The normalized spacial score (nSPS) is 9.81. The Hall–Kier alpha value is -0.900. The Kier molecular flexibility index (Phi) is 5.46. The molecule has 0 unspecified atom stereocenters. The fourth-order valence-electron chi connectivity index (χ4n) is 1.41. The van der Waals surface area contributed by atoms with Gasteiger partial charge in [-0.3, -0.25) is 4.98 Å². The van der Waals surface area contributed by atoms with Gasteiger partial charge in [0.25, 0.3) is 0 Å². The van der Waals surface area contributed by atoms with Crippen LogP contribution in [0.1, 0.15) is 15.3 Å². The van der Waals surface area contributed by atoms with Gasteiger partial charge >= 0.3 is 0 Å². The fraction of sp³-hybridized carbons (Fsp3) is 0.250. The minimum absolute atomic E-state index is 0. The molecule has 1 N–H and O–H groups in total. The summed E-state index contributed by atoms with van der Waals surface area (Å²) in [7, 11) is 0. The topological polar surface area (TPSA) is 24.9 Å². The highest BCUT2D eigenvalue weighted by Crippen LogP contribution is 2.14. The highest BCUT2D eigenvalue weighted by Gasteiger charge is 1.96. The lowest BCUT2D eigenvalue weighted by Crippen LogP contribution is -3.00. The van der Waals surface area contributed by atoms with E-state index in [-0.39, 0.29) is 12.4 Å². The lowest BCUT2D eigenvalue weighted by atomic mass is 10.3. The molecule has 0 radical (unpaired) electrons. The van der Waals surface area contributed by atoms with Crippen molar-refractivity contribution >= 4 is 11.3 Å². The summed E-state index contributed by atoms with van der Waals surface area (Å²) in [6.45, 7) is 3.95. The van der Waals surface area contributed by atoms with Crippen molar-refractivity contribution in [2.75, 3.05) is 0 Å². The summed E-state index contributed by atoms with van der Waals surface area (Å²) in [4.78, 5) is 6.83. The van der Waals surface area contributed by atoms with Crippen LogP contribution in [0.2, 0.25) is 0 Å². The molecule has 2 nitrogen and oxygen atoms in total. The molecule has 0 saturated heterocycles. The number of halogens is 1. The molecule has 0 aliphatic rings. The largest absolute Gasteiger partial charge is 1.00 e. The molecule has 2 aromatic rings. The highest BCUT2D eigenvalue weighted by atomic mass is 35.5. The molecule has 86 valence electrons.